The van der Waals surface area contributed by atoms with Gasteiger partial charge in [0.2, 0.25) is 10.0 Å². The Hall–Kier alpha value is -0.690. The molecule has 5 nitrogen and oxygen atoms in total. The average Bonchev–Trinajstić information content (AvgIpc) is 2.30. The van der Waals surface area contributed by atoms with Crippen molar-refractivity contribution in [2.75, 3.05) is 19.7 Å². The first kappa shape index (κ1) is 14.4. The summed E-state index contributed by atoms with van der Waals surface area (Å²) in [6, 6.07) is 1.44. The number of nitrogens with zero attached hydrogens (tertiary/aromatic N) is 2. The molecule has 0 aliphatic rings. The number of aliphatic hydroxyl groups excluding tert-OH is 1. The van der Waals surface area contributed by atoms with Crippen LogP contribution in [0.15, 0.2) is 23.4 Å². The van der Waals surface area contributed by atoms with E-state index in [1.54, 1.807) is 6.92 Å². The maximum Gasteiger partial charge on any atom is 0.246 e. The lowest BCUT2D eigenvalue weighted by Crippen LogP contribution is -2.32. The van der Waals surface area contributed by atoms with Crippen LogP contribution in [0.1, 0.15) is 13.3 Å². The van der Waals surface area contributed by atoms with Gasteiger partial charge in [-0.25, -0.2) is 8.42 Å². The number of sulfonamides is 1. The molecular weight excluding hydrogens is 264 g/mol. The zero-order valence-electron chi connectivity index (χ0n) is 9.50. The molecule has 0 saturated carbocycles. The van der Waals surface area contributed by atoms with E-state index < -0.39 is 10.0 Å². The zero-order chi connectivity index (χ0) is 12.9. The molecule has 1 aromatic rings. The topological polar surface area (TPSA) is 70.5 Å². The van der Waals surface area contributed by atoms with Gasteiger partial charge in [0.25, 0.3) is 0 Å². The summed E-state index contributed by atoms with van der Waals surface area (Å²) in [6.45, 7) is 2.28. The normalized spacial score (nSPS) is 12.0. The quantitative estimate of drug-likeness (QED) is 0.847. The first-order chi connectivity index (χ1) is 8.04. The van der Waals surface area contributed by atoms with E-state index in [9.17, 15) is 8.42 Å². The molecule has 0 unspecified atom stereocenters. The fourth-order valence-corrected chi connectivity index (χ4v) is 3.28. The smallest absolute Gasteiger partial charge is 0.246 e. The largest absolute Gasteiger partial charge is 0.396 e. The van der Waals surface area contributed by atoms with Crippen molar-refractivity contribution in [2.24, 2.45) is 0 Å². The summed E-state index contributed by atoms with van der Waals surface area (Å²) in [6.07, 6.45) is 3.07. The van der Waals surface area contributed by atoms with Crippen LogP contribution in [-0.2, 0) is 10.0 Å². The number of hydrogen-bond acceptors (Lipinski definition) is 4. The highest BCUT2D eigenvalue weighted by molar-refractivity contribution is 7.89. The standard InChI is InChI=1S/C10H15ClN2O3S/c1-2-13(6-3-7-14)17(15,16)10-8-12-5-4-9(10)11/h4-5,8,14H,2-3,6-7H2,1H3. The number of hydrogen-bond donors (Lipinski definition) is 1. The highest BCUT2D eigenvalue weighted by atomic mass is 35.5. The Morgan fingerprint density at radius 1 is 1.53 bits per heavy atom. The van der Waals surface area contributed by atoms with Crippen molar-refractivity contribution in [1.29, 1.82) is 0 Å². The van der Waals surface area contributed by atoms with Crippen LogP contribution in [0, 0.1) is 0 Å². The lowest BCUT2D eigenvalue weighted by molar-refractivity contribution is 0.271. The third-order valence-corrected chi connectivity index (χ3v) is 4.71. The Morgan fingerprint density at radius 2 is 2.24 bits per heavy atom. The molecule has 0 aliphatic carbocycles. The summed E-state index contributed by atoms with van der Waals surface area (Å²) in [5.41, 5.74) is 0. The molecule has 0 saturated heterocycles. The van der Waals surface area contributed by atoms with Crippen molar-refractivity contribution in [1.82, 2.24) is 9.29 Å². The van der Waals surface area contributed by atoms with Gasteiger partial charge in [-0.3, -0.25) is 4.98 Å². The third kappa shape index (κ3) is 3.38. The summed E-state index contributed by atoms with van der Waals surface area (Å²) in [5, 5.41) is 8.90. The molecule has 17 heavy (non-hydrogen) atoms. The maximum absolute atomic E-state index is 12.2. The van der Waals surface area contributed by atoms with Crippen LogP contribution >= 0.6 is 11.6 Å². The molecule has 1 rings (SSSR count). The fraction of sp³-hybridized carbons (Fsp3) is 0.500. The molecule has 0 aliphatic heterocycles. The second-order valence-corrected chi connectivity index (χ2v) is 5.69. The Labute approximate surface area is 106 Å². The summed E-state index contributed by atoms with van der Waals surface area (Å²) in [5.74, 6) is 0. The van der Waals surface area contributed by atoms with Gasteiger partial charge in [-0.05, 0) is 12.5 Å². The predicted octanol–water partition coefficient (Wildman–Crippen LogP) is 1.13. The summed E-state index contributed by atoms with van der Waals surface area (Å²) in [4.78, 5) is 3.77. The van der Waals surface area contributed by atoms with E-state index in [4.69, 9.17) is 16.7 Å². The summed E-state index contributed by atoms with van der Waals surface area (Å²) >= 11 is 5.85. The molecule has 1 heterocycles. The van der Waals surface area contributed by atoms with E-state index in [2.05, 4.69) is 4.98 Å². The van der Waals surface area contributed by atoms with Crippen LogP contribution in [0.4, 0.5) is 0 Å². The van der Waals surface area contributed by atoms with E-state index in [-0.39, 0.29) is 23.1 Å². The van der Waals surface area contributed by atoms with Crippen LogP contribution in [0.3, 0.4) is 0 Å². The molecule has 0 atom stereocenters. The van der Waals surface area contributed by atoms with E-state index in [0.717, 1.165) is 0 Å². The molecular formula is C10H15ClN2O3S. The number of pyridine rings is 1. The minimum atomic E-state index is -3.63. The zero-order valence-corrected chi connectivity index (χ0v) is 11.1. The summed E-state index contributed by atoms with van der Waals surface area (Å²) in [7, 11) is -3.63. The van der Waals surface area contributed by atoms with Gasteiger partial charge in [-0.1, -0.05) is 18.5 Å². The fourth-order valence-electron chi connectivity index (χ4n) is 1.39. The Bertz CT molecular complexity index is 464. The van der Waals surface area contributed by atoms with Gasteiger partial charge in [0.05, 0.1) is 5.02 Å². The molecule has 0 fully saturated rings. The van der Waals surface area contributed by atoms with Crippen molar-refractivity contribution >= 4 is 21.6 Å². The van der Waals surface area contributed by atoms with Crippen LogP contribution in [0.2, 0.25) is 5.02 Å². The maximum atomic E-state index is 12.2. The number of rotatable bonds is 6. The van der Waals surface area contributed by atoms with Crippen molar-refractivity contribution in [3.8, 4) is 0 Å². The van der Waals surface area contributed by atoms with Gasteiger partial charge in [-0.15, -0.1) is 0 Å². The van der Waals surface area contributed by atoms with Gasteiger partial charge in [0, 0.05) is 32.1 Å². The lowest BCUT2D eigenvalue weighted by atomic mass is 10.4. The number of aromatic nitrogens is 1. The molecule has 0 aromatic carbocycles. The Balaban J connectivity index is 3.05. The minimum Gasteiger partial charge on any atom is -0.396 e. The minimum absolute atomic E-state index is 0.00135. The SMILES string of the molecule is CCN(CCCO)S(=O)(=O)c1cnccc1Cl. The van der Waals surface area contributed by atoms with Crippen LogP contribution in [0.25, 0.3) is 0 Å². The molecule has 0 bridgehead atoms. The van der Waals surface area contributed by atoms with E-state index in [0.29, 0.717) is 13.0 Å². The summed E-state index contributed by atoms with van der Waals surface area (Å²) < 4.78 is 25.7. The van der Waals surface area contributed by atoms with Gasteiger partial charge >= 0.3 is 0 Å². The van der Waals surface area contributed by atoms with Gasteiger partial charge in [-0.2, -0.15) is 4.31 Å². The van der Waals surface area contributed by atoms with Crippen molar-refractivity contribution in [3.05, 3.63) is 23.5 Å². The van der Waals surface area contributed by atoms with Crippen LogP contribution in [0.5, 0.6) is 0 Å². The molecule has 1 aromatic heterocycles. The van der Waals surface area contributed by atoms with Crippen molar-refractivity contribution < 1.29 is 13.5 Å². The number of aliphatic hydroxyl groups is 1. The van der Waals surface area contributed by atoms with E-state index in [1.165, 1.54) is 22.8 Å². The van der Waals surface area contributed by atoms with E-state index in [1.807, 2.05) is 0 Å². The first-order valence-electron chi connectivity index (χ1n) is 5.24. The van der Waals surface area contributed by atoms with Gasteiger partial charge < -0.3 is 5.11 Å². The molecule has 0 radical (unpaired) electrons. The monoisotopic (exact) mass is 278 g/mol. The Kier molecular flexibility index (Phi) is 5.32. The lowest BCUT2D eigenvalue weighted by Gasteiger charge is -2.20. The second-order valence-electron chi connectivity index (χ2n) is 3.38. The highest BCUT2D eigenvalue weighted by Gasteiger charge is 2.25. The van der Waals surface area contributed by atoms with Gasteiger partial charge in [0.1, 0.15) is 4.90 Å². The first-order valence-corrected chi connectivity index (χ1v) is 7.06. The molecule has 7 heteroatoms. The third-order valence-electron chi connectivity index (χ3n) is 2.27. The van der Waals surface area contributed by atoms with Crippen molar-refractivity contribution in [2.45, 2.75) is 18.2 Å². The van der Waals surface area contributed by atoms with Crippen LogP contribution in [-0.4, -0.2) is 42.5 Å². The predicted molar refractivity (Wildman–Crippen MR) is 65.4 cm³/mol. The average molecular weight is 279 g/mol. The second kappa shape index (κ2) is 6.30. The molecule has 0 amide bonds. The van der Waals surface area contributed by atoms with Gasteiger partial charge in [0.15, 0.2) is 0 Å². The molecule has 96 valence electrons. The molecule has 1 N–H and O–H groups in total. The number of halogens is 1. The van der Waals surface area contributed by atoms with E-state index >= 15 is 0 Å². The van der Waals surface area contributed by atoms with Crippen LogP contribution < -0.4 is 0 Å². The highest BCUT2D eigenvalue weighted by Crippen LogP contribution is 2.23. The van der Waals surface area contributed by atoms with Crippen molar-refractivity contribution in [3.63, 3.8) is 0 Å². The molecule has 0 spiro atoms. The Morgan fingerprint density at radius 3 is 2.76 bits per heavy atom.